The van der Waals surface area contributed by atoms with Crippen LogP contribution in [0.2, 0.25) is 0 Å². The fourth-order valence-corrected chi connectivity index (χ4v) is 6.08. The van der Waals surface area contributed by atoms with Crippen LogP contribution in [0.5, 0.6) is 0 Å². The third-order valence-corrected chi connectivity index (χ3v) is 7.89. The van der Waals surface area contributed by atoms with Crippen LogP contribution in [0, 0.1) is 0 Å². The van der Waals surface area contributed by atoms with Crippen molar-refractivity contribution in [1.82, 2.24) is 0 Å². The number of ketones is 1. The summed E-state index contributed by atoms with van der Waals surface area (Å²) in [7, 11) is -3.59. The van der Waals surface area contributed by atoms with E-state index in [1.54, 1.807) is 91.0 Å². The van der Waals surface area contributed by atoms with Gasteiger partial charge in [0.15, 0.2) is 12.9 Å². The minimum atomic E-state index is -3.59. The Kier molecular flexibility index (Phi) is 5.68. The van der Waals surface area contributed by atoms with Crippen molar-refractivity contribution >= 4 is 29.5 Å². The van der Waals surface area contributed by atoms with Crippen molar-refractivity contribution in [2.75, 3.05) is 0 Å². The first-order valence-corrected chi connectivity index (χ1v) is 10.3. The first kappa shape index (κ1) is 18.8. The molecule has 1 atom stereocenters. The van der Waals surface area contributed by atoms with Gasteiger partial charge in [0, 0.05) is 22.6 Å². The summed E-state index contributed by atoms with van der Waals surface area (Å²) < 4.78 is 14.2. The predicted molar refractivity (Wildman–Crippen MR) is 107 cm³/mol. The van der Waals surface area contributed by atoms with Crippen molar-refractivity contribution in [1.29, 1.82) is 0 Å². The number of aliphatic carboxylic acids is 1. The number of hydrogen-bond donors (Lipinski definition) is 1. The lowest BCUT2D eigenvalue weighted by Gasteiger charge is -2.25. The Morgan fingerprint density at radius 1 is 0.741 bits per heavy atom. The third-order valence-electron chi connectivity index (χ3n) is 4.48. The lowest BCUT2D eigenvalue weighted by atomic mass is 10.1. The van der Waals surface area contributed by atoms with Gasteiger partial charge in [-0.05, 0) is 0 Å². The molecule has 0 radical (unpaired) electrons. The molecule has 0 spiro atoms. The summed E-state index contributed by atoms with van der Waals surface area (Å²) in [4.78, 5) is 24.8. The van der Waals surface area contributed by atoms with E-state index in [0.29, 0.717) is 16.2 Å². The molecule has 1 N–H and O–H groups in total. The Morgan fingerprint density at radius 3 is 1.56 bits per heavy atom. The molecule has 27 heavy (non-hydrogen) atoms. The molecule has 0 bridgehead atoms. The largest absolute Gasteiger partial charge is 0.481 e. The highest BCUT2D eigenvalue weighted by Gasteiger charge is 2.42. The Hall–Kier alpha value is -2.97. The molecule has 0 aliphatic heterocycles. The van der Waals surface area contributed by atoms with E-state index in [2.05, 4.69) is 0 Å². The minimum absolute atomic E-state index is 0.333. The van der Waals surface area contributed by atoms with E-state index in [1.807, 2.05) is 0 Å². The molecule has 0 aliphatic rings. The Labute approximate surface area is 157 Å². The molecule has 3 aromatic carbocycles. The molecule has 3 rings (SSSR count). The molecule has 136 valence electrons. The van der Waals surface area contributed by atoms with Crippen LogP contribution in [0.3, 0.4) is 0 Å². The number of carbonyl (C=O) groups is 2. The second-order valence-electron chi connectivity index (χ2n) is 6.18. The number of rotatable bonds is 7. The smallest absolute Gasteiger partial charge is 0.315 e. The van der Waals surface area contributed by atoms with Gasteiger partial charge in [-0.3, -0.25) is 9.59 Å². The SMILES string of the molecule is O=C(C[C@H](C(=O)O)P(=O)(c1ccccc1)c1ccccc1)c1ccccc1. The number of carboxylic acid groups (broad SMARTS) is 1. The maximum Gasteiger partial charge on any atom is 0.315 e. The van der Waals surface area contributed by atoms with Gasteiger partial charge in [0.2, 0.25) is 0 Å². The van der Waals surface area contributed by atoms with Gasteiger partial charge in [0.05, 0.1) is 0 Å². The number of hydrogen-bond acceptors (Lipinski definition) is 3. The van der Waals surface area contributed by atoms with E-state index in [-0.39, 0.29) is 12.2 Å². The van der Waals surface area contributed by atoms with E-state index < -0.39 is 18.8 Å². The van der Waals surface area contributed by atoms with Crippen LogP contribution < -0.4 is 10.6 Å². The molecule has 0 saturated heterocycles. The van der Waals surface area contributed by atoms with Gasteiger partial charge in [-0.25, -0.2) is 0 Å². The zero-order valence-electron chi connectivity index (χ0n) is 14.6. The summed E-state index contributed by atoms with van der Waals surface area (Å²) in [5.74, 6) is -1.58. The molecular weight excluding hydrogens is 359 g/mol. The van der Waals surface area contributed by atoms with Crippen molar-refractivity contribution in [2.24, 2.45) is 0 Å². The monoisotopic (exact) mass is 378 g/mol. The molecule has 3 aromatic rings. The molecule has 0 heterocycles. The fourth-order valence-electron chi connectivity index (χ4n) is 3.10. The lowest BCUT2D eigenvalue weighted by Crippen LogP contribution is -2.33. The second kappa shape index (κ2) is 8.15. The van der Waals surface area contributed by atoms with Gasteiger partial charge in [-0.1, -0.05) is 91.0 Å². The van der Waals surface area contributed by atoms with Gasteiger partial charge in [-0.2, -0.15) is 0 Å². The summed E-state index contributed by atoms with van der Waals surface area (Å²) in [5, 5.41) is 10.8. The highest BCUT2D eigenvalue weighted by Crippen LogP contribution is 2.50. The highest BCUT2D eigenvalue weighted by atomic mass is 31.2. The Morgan fingerprint density at radius 2 is 1.15 bits per heavy atom. The van der Waals surface area contributed by atoms with Gasteiger partial charge in [0.25, 0.3) is 0 Å². The normalized spacial score (nSPS) is 12.3. The van der Waals surface area contributed by atoms with Crippen molar-refractivity contribution < 1.29 is 19.3 Å². The lowest BCUT2D eigenvalue weighted by molar-refractivity contribution is -0.136. The number of carboxylic acids is 1. The van der Waals surface area contributed by atoms with Gasteiger partial charge in [-0.15, -0.1) is 0 Å². The number of Topliss-reactive ketones (excluding diaryl/α,β-unsaturated/α-hetero) is 1. The van der Waals surface area contributed by atoms with Gasteiger partial charge in [0.1, 0.15) is 5.66 Å². The summed E-state index contributed by atoms with van der Waals surface area (Å²) in [6, 6.07) is 25.6. The number of benzene rings is 3. The average molecular weight is 378 g/mol. The fraction of sp³-hybridized carbons (Fsp3) is 0.0909. The van der Waals surface area contributed by atoms with Crippen LogP contribution in [-0.2, 0) is 9.36 Å². The van der Waals surface area contributed by atoms with Crippen LogP contribution in [0.15, 0.2) is 91.0 Å². The summed E-state index contributed by atoms with van der Waals surface area (Å²) >= 11 is 0. The van der Waals surface area contributed by atoms with E-state index in [9.17, 15) is 19.3 Å². The molecule has 0 aromatic heterocycles. The first-order chi connectivity index (χ1) is 13.0. The Bertz CT molecular complexity index is 925. The van der Waals surface area contributed by atoms with Crippen molar-refractivity contribution in [3.8, 4) is 0 Å². The summed E-state index contributed by atoms with van der Waals surface area (Å²) in [6.07, 6.45) is -0.333. The standard InChI is InChI=1S/C22H19O4P/c23-20(17-10-4-1-5-11-17)16-21(22(24)25)27(26,18-12-6-2-7-13-18)19-14-8-3-9-15-19/h1-15,21H,16H2,(H,24,25)/t21-/m1/s1. The van der Waals surface area contributed by atoms with Crippen LogP contribution >= 0.6 is 7.14 Å². The minimum Gasteiger partial charge on any atom is -0.481 e. The predicted octanol–water partition coefficient (Wildman–Crippen LogP) is 3.73. The van der Waals surface area contributed by atoms with E-state index in [1.165, 1.54) is 0 Å². The molecule has 0 aliphatic carbocycles. The van der Waals surface area contributed by atoms with E-state index in [0.717, 1.165) is 0 Å². The average Bonchev–Trinajstić information content (AvgIpc) is 2.73. The van der Waals surface area contributed by atoms with E-state index >= 15 is 0 Å². The van der Waals surface area contributed by atoms with Crippen LogP contribution in [0.4, 0.5) is 0 Å². The third kappa shape index (κ3) is 3.91. The van der Waals surface area contributed by atoms with Crippen molar-refractivity contribution in [3.05, 3.63) is 96.6 Å². The van der Waals surface area contributed by atoms with E-state index in [4.69, 9.17) is 0 Å². The first-order valence-electron chi connectivity index (χ1n) is 8.55. The summed E-state index contributed by atoms with van der Waals surface area (Å²) in [6.45, 7) is 0. The molecule has 0 saturated carbocycles. The maximum atomic E-state index is 14.2. The van der Waals surface area contributed by atoms with Gasteiger partial charge >= 0.3 is 5.97 Å². The van der Waals surface area contributed by atoms with Crippen LogP contribution in [0.25, 0.3) is 0 Å². The molecule has 0 fully saturated rings. The summed E-state index contributed by atoms with van der Waals surface area (Å²) in [5.41, 5.74) is -0.925. The maximum absolute atomic E-state index is 14.2. The van der Waals surface area contributed by atoms with Crippen LogP contribution in [-0.4, -0.2) is 22.5 Å². The van der Waals surface area contributed by atoms with Crippen LogP contribution in [0.1, 0.15) is 16.8 Å². The number of carbonyl (C=O) groups excluding carboxylic acids is 1. The Balaban J connectivity index is 2.09. The zero-order valence-corrected chi connectivity index (χ0v) is 15.5. The van der Waals surface area contributed by atoms with Crippen molar-refractivity contribution in [3.63, 3.8) is 0 Å². The second-order valence-corrected chi connectivity index (χ2v) is 9.15. The molecule has 0 amide bonds. The van der Waals surface area contributed by atoms with Gasteiger partial charge < -0.3 is 9.67 Å². The molecule has 5 heteroatoms. The molecular formula is C22H19O4P. The molecule has 0 unspecified atom stereocenters. The topological polar surface area (TPSA) is 71.4 Å². The quantitative estimate of drug-likeness (QED) is 0.502. The highest BCUT2D eigenvalue weighted by molar-refractivity contribution is 7.80. The van der Waals surface area contributed by atoms with Crippen molar-refractivity contribution in [2.45, 2.75) is 12.1 Å². The zero-order chi connectivity index (χ0) is 19.3. The molecule has 4 nitrogen and oxygen atoms in total.